The summed E-state index contributed by atoms with van der Waals surface area (Å²) in [6.07, 6.45) is -21.3. The second-order valence-corrected chi connectivity index (χ2v) is 26.9. The quantitative estimate of drug-likeness (QED) is 0.0279. The first-order valence-electron chi connectivity index (χ1n) is 19.8. The maximum absolute atomic E-state index is 13.2. The number of halogens is 23. The summed E-state index contributed by atoms with van der Waals surface area (Å²) in [5, 5.41) is 0. The average molecular weight is 1350 g/mol. The number of nitrogens with one attached hydrogen (secondary N) is 1. The monoisotopic (exact) mass is 1350 g/mol. The molecule has 4 radical (unpaired) electrons. The third kappa shape index (κ3) is 35.3. The zero-order valence-electron chi connectivity index (χ0n) is 36.9. The van der Waals surface area contributed by atoms with Crippen molar-refractivity contribution in [2.24, 2.45) is 0 Å². The van der Waals surface area contributed by atoms with Crippen LogP contribution in [0.2, 0.25) is 13.3 Å². The van der Waals surface area contributed by atoms with Gasteiger partial charge < -0.3 is 0 Å². The molecule has 0 amide bonds. The summed E-state index contributed by atoms with van der Waals surface area (Å²) < 4.78 is 255. The van der Waals surface area contributed by atoms with Crippen LogP contribution in [0, 0.1) is 4.35 Å². The van der Waals surface area contributed by atoms with Crippen LogP contribution in [-0.2, 0) is 0 Å². The van der Waals surface area contributed by atoms with Gasteiger partial charge in [-0.1, -0.05) is 46.9 Å². The predicted molar refractivity (Wildman–Crippen MR) is 243 cm³/mol. The van der Waals surface area contributed by atoms with Gasteiger partial charge in [0.15, 0.2) is 0 Å². The van der Waals surface area contributed by atoms with Gasteiger partial charge in [-0.15, -0.1) is 26.3 Å². The Hall–Kier alpha value is 0.146. The molecule has 1 N–H and O–H groups in total. The van der Waals surface area contributed by atoms with E-state index in [0.717, 1.165) is 12.8 Å². The molecule has 0 heterocycles. The van der Waals surface area contributed by atoms with E-state index in [1.54, 1.807) is 29.4 Å². The molecule has 0 rings (SSSR count). The molecule has 1 unspecified atom stereocenters. The number of rotatable bonds is 22. The summed E-state index contributed by atoms with van der Waals surface area (Å²) in [4.78, 5) is 0. The maximum atomic E-state index is 13.2. The standard InChI is InChI=1S/C9H10F7I.C9H11F7.C6H10.3C4H9.C3F7I.Al.B.HN.Sn.H/c1-2-3-4-6(17)5-7(10,8(11,12)13)9(14,15)16;1-2-3-4-5-6-7(10,8(11,12)13)9(14,15)16;1-3-5-6-4-2;3*1-3-4-2;4-1(11,2(5,6)7)3(8,9)10;;;;;/h2,6H,1,3-5H2;2H,1,3-6H2;3-4H,1-2,5-6H2;3*1,3-4H2,2H3;;;;1H;;. The van der Waals surface area contributed by atoms with Gasteiger partial charge in [0.05, 0.1) is 0 Å². The molecular formula is C39H60AlBF21I2NSn. The van der Waals surface area contributed by atoms with E-state index in [4.69, 9.17) is 4.35 Å². The predicted octanol–water partition coefficient (Wildman–Crippen LogP) is 19.0. The van der Waals surface area contributed by atoms with Gasteiger partial charge in [0, 0.05) is 18.8 Å². The number of alkyl halides is 23. The van der Waals surface area contributed by atoms with Crippen LogP contribution in [0.4, 0.5) is 92.2 Å². The van der Waals surface area contributed by atoms with E-state index in [2.05, 4.69) is 47.1 Å². The Morgan fingerprint density at radius 3 is 0.970 bits per heavy atom. The van der Waals surface area contributed by atoms with E-state index in [1.165, 1.54) is 73.3 Å². The molecule has 66 heavy (non-hydrogen) atoms. The summed E-state index contributed by atoms with van der Waals surface area (Å²) in [5.74, 6) is 0. The van der Waals surface area contributed by atoms with Crippen molar-refractivity contribution in [3.63, 3.8) is 0 Å². The van der Waals surface area contributed by atoms with Crippen molar-refractivity contribution in [1.82, 2.24) is 0 Å². The van der Waals surface area contributed by atoms with Crippen molar-refractivity contribution < 1.29 is 92.2 Å². The topological polar surface area (TPSA) is 23.9 Å². The Bertz CT molecular complexity index is 1140. The normalized spacial score (nSPS) is 12.9. The molecule has 0 aliphatic heterocycles. The Labute approximate surface area is 420 Å². The van der Waals surface area contributed by atoms with Crippen molar-refractivity contribution >= 4 is 89.5 Å². The average Bonchev–Trinajstić information content (AvgIpc) is 3.16. The molecule has 0 spiro atoms. The Morgan fingerprint density at radius 2 is 0.758 bits per heavy atom. The first-order chi connectivity index (χ1) is 29.3. The van der Waals surface area contributed by atoms with E-state index in [9.17, 15) is 92.2 Å². The second-order valence-electron chi connectivity index (χ2n) is 13.8. The van der Waals surface area contributed by atoms with Crippen LogP contribution >= 0.6 is 45.2 Å². The number of hydrogen-bond donors (Lipinski definition) is 1. The van der Waals surface area contributed by atoms with Gasteiger partial charge >= 0.3 is 154 Å². The molecule has 0 aromatic heterocycles. The molecule has 0 saturated carbocycles. The van der Waals surface area contributed by atoms with Gasteiger partial charge in [0.2, 0.25) is 0 Å². The van der Waals surface area contributed by atoms with Gasteiger partial charge in [-0.3, -0.25) is 0 Å². The SMILES string of the molecule is C=CCCC(I)CC(F)(C(F)(F)F)C(F)(F)F.C=CCCC=C.C=CCCCCC(F)(C(F)(F)F)C(F)(F)F.CCC[CH2][SnH]([CH2]CCC)[CH2]CCC.FC(F)(F)C(F)(I)C(F)(F)F.[B].[NH]=[Al]. The van der Waals surface area contributed by atoms with Gasteiger partial charge in [0.25, 0.3) is 11.3 Å². The van der Waals surface area contributed by atoms with Crippen LogP contribution < -0.4 is 0 Å². The first-order valence-corrected chi connectivity index (χ1v) is 29.7. The van der Waals surface area contributed by atoms with Crippen molar-refractivity contribution in [2.75, 3.05) is 0 Å². The molecule has 1 nitrogen and oxygen atoms in total. The van der Waals surface area contributed by atoms with Crippen LogP contribution in [0.3, 0.4) is 0 Å². The van der Waals surface area contributed by atoms with E-state index >= 15 is 0 Å². The first kappa shape index (κ1) is 80.2. The minimum absolute atomic E-state index is 0. The van der Waals surface area contributed by atoms with Crippen LogP contribution in [-0.4, -0.2) is 100 Å². The summed E-state index contributed by atoms with van der Waals surface area (Å²) in [6, 6.07) is 0. The van der Waals surface area contributed by atoms with Crippen molar-refractivity contribution in [3.05, 3.63) is 50.6 Å². The number of unbranched alkanes of at least 4 members (excludes halogenated alkanes) is 6. The van der Waals surface area contributed by atoms with Crippen LogP contribution in [0.25, 0.3) is 0 Å². The molecule has 0 aliphatic carbocycles. The Kier molecular flexibility index (Phi) is 48.3. The van der Waals surface area contributed by atoms with E-state index in [1.807, 2.05) is 12.2 Å². The van der Waals surface area contributed by atoms with Crippen LogP contribution in [0.15, 0.2) is 50.6 Å². The molecule has 1 atom stereocenters. The van der Waals surface area contributed by atoms with Crippen molar-refractivity contribution in [3.8, 4) is 0 Å². The fourth-order valence-corrected chi connectivity index (χ4v) is 16.4. The molecule has 0 aliphatic rings. The van der Waals surface area contributed by atoms with Gasteiger partial charge in [-0.05, 0) is 74.0 Å². The van der Waals surface area contributed by atoms with Gasteiger partial charge in [-0.25, -0.2) is 13.2 Å². The summed E-state index contributed by atoms with van der Waals surface area (Å²) in [5.41, 5.74) is -10.3. The van der Waals surface area contributed by atoms with Crippen LogP contribution in [0.1, 0.15) is 117 Å². The molecule has 0 saturated heterocycles. The Balaban J connectivity index is -0.000000134. The fourth-order valence-electron chi connectivity index (χ4n) is 4.51. The zero-order chi connectivity index (χ0) is 53.2. The molecule has 392 valence electrons. The van der Waals surface area contributed by atoms with E-state index in [0.29, 0.717) is 0 Å². The van der Waals surface area contributed by atoms with Crippen LogP contribution in [0.5, 0.6) is 0 Å². The molecule has 0 aromatic carbocycles. The van der Waals surface area contributed by atoms with E-state index < -0.39 is 95.0 Å². The van der Waals surface area contributed by atoms with Gasteiger partial charge in [0.1, 0.15) is 0 Å². The van der Waals surface area contributed by atoms with Crippen molar-refractivity contribution in [1.29, 1.82) is 4.35 Å². The van der Waals surface area contributed by atoms with Gasteiger partial charge in [-0.2, -0.15) is 79.0 Å². The molecule has 0 fully saturated rings. The minimum atomic E-state index is -5.96. The third-order valence-electron chi connectivity index (χ3n) is 8.35. The fraction of sp³-hybridized carbons (Fsp3) is 0.795. The molecule has 27 heteroatoms. The summed E-state index contributed by atoms with van der Waals surface area (Å²) in [6.45, 7) is 20.6. The second kappa shape index (κ2) is 39.7. The van der Waals surface area contributed by atoms with E-state index in [-0.39, 0.29) is 56.7 Å². The molecular weight excluding hydrogens is 1290 g/mol. The Morgan fingerprint density at radius 1 is 0.470 bits per heavy atom. The number of allylic oxidation sites excluding steroid dienone is 4. The van der Waals surface area contributed by atoms with Crippen molar-refractivity contribution in [2.45, 2.75) is 186 Å². The summed E-state index contributed by atoms with van der Waals surface area (Å²) >= 11 is 1.75. The number of hydrogen-bond acceptors (Lipinski definition) is 1. The zero-order valence-corrected chi connectivity index (χ0v) is 45.6. The molecule has 0 aromatic rings. The third-order valence-corrected chi connectivity index (χ3v) is 21.1. The summed E-state index contributed by atoms with van der Waals surface area (Å²) in [7, 11) is 0. The molecule has 0 bridgehead atoms.